The average molecular weight is 385 g/mol. The van der Waals surface area contributed by atoms with Gasteiger partial charge in [0, 0.05) is 38.5 Å². The van der Waals surface area contributed by atoms with Crippen molar-refractivity contribution in [2.24, 2.45) is 0 Å². The fraction of sp³-hybridized carbons (Fsp3) is 0.111. The average Bonchev–Trinajstić information content (AvgIpc) is 2.86. The van der Waals surface area contributed by atoms with Crippen molar-refractivity contribution < 1.29 is 31.0 Å². The number of hydrogen-bond acceptors (Lipinski definition) is 2. The van der Waals surface area contributed by atoms with E-state index in [9.17, 15) is 10.1 Å². The van der Waals surface area contributed by atoms with Crippen LogP contribution in [0.15, 0.2) is 36.5 Å². The molecule has 1 aromatic heterocycles. The molecule has 1 N–H and O–H groups in total. The summed E-state index contributed by atoms with van der Waals surface area (Å²) in [7, 11) is 0. The number of hydrogen-bond donors (Lipinski definition) is 1. The number of nitriles is 1. The molecule has 0 radical (unpaired) electrons. The minimum atomic E-state index is -0.956. The molecule has 0 aliphatic carbocycles. The Labute approximate surface area is 148 Å². The third-order valence-corrected chi connectivity index (χ3v) is 3.67. The molecule has 3 aromatic rings. The molecule has 0 fully saturated rings. The Balaban J connectivity index is 0.00000192. The number of benzene rings is 2. The molecule has 5 heteroatoms. The minimum absolute atomic E-state index is 0. The Kier molecular flexibility index (Phi) is 4.73. The van der Waals surface area contributed by atoms with E-state index in [2.05, 4.69) is 12.1 Å². The van der Waals surface area contributed by atoms with Gasteiger partial charge in [0.2, 0.25) is 0 Å². The smallest absolute Gasteiger partial charge is 0.335 e. The third kappa shape index (κ3) is 2.93. The first kappa shape index (κ1) is 17.0. The molecule has 0 amide bonds. The van der Waals surface area contributed by atoms with E-state index >= 15 is 0 Å². The zero-order chi connectivity index (χ0) is 15.9. The molecule has 0 bridgehead atoms. The van der Waals surface area contributed by atoms with Crippen molar-refractivity contribution >= 4 is 16.9 Å². The van der Waals surface area contributed by atoms with Crippen molar-refractivity contribution in [3.63, 3.8) is 0 Å². The van der Waals surface area contributed by atoms with Gasteiger partial charge in [0.25, 0.3) is 0 Å². The van der Waals surface area contributed by atoms with Crippen molar-refractivity contribution in [1.29, 1.82) is 5.26 Å². The number of carboxylic acid groups (broad SMARTS) is 1. The summed E-state index contributed by atoms with van der Waals surface area (Å²) in [6.07, 6.45) is 1.78. The zero-order valence-electron chi connectivity index (χ0n) is 12.6. The second-order valence-electron chi connectivity index (χ2n) is 5.21. The van der Waals surface area contributed by atoms with Crippen molar-refractivity contribution in [3.8, 4) is 11.8 Å². The summed E-state index contributed by atoms with van der Waals surface area (Å²) in [6.45, 7) is 3.90. The van der Waals surface area contributed by atoms with E-state index in [4.69, 9.17) is 5.11 Å². The predicted molar refractivity (Wildman–Crippen MR) is 83.3 cm³/mol. The van der Waals surface area contributed by atoms with E-state index in [0.29, 0.717) is 5.56 Å². The Morgan fingerprint density at radius 2 is 1.91 bits per heavy atom. The summed E-state index contributed by atoms with van der Waals surface area (Å²) in [5.41, 5.74) is 4.51. The molecule has 0 aliphatic rings. The summed E-state index contributed by atoms with van der Waals surface area (Å²) in [6, 6.07) is 14.0. The number of nitrogens with zero attached hydrogens (tertiary/aromatic N) is 2. The number of carbonyl (C=O) groups is 1. The van der Waals surface area contributed by atoms with Crippen LogP contribution in [-0.2, 0) is 21.1 Å². The van der Waals surface area contributed by atoms with E-state index < -0.39 is 5.97 Å². The number of fused-ring (bicyclic) bond motifs is 1. The van der Waals surface area contributed by atoms with Crippen LogP contribution in [0.25, 0.3) is 16.6 Å². The Bertz CT molecular complexity index is 934. The van der Waals surface area contributed by atoms with Crippen LogP contribution in [0.4, 0.5) is 0 Å². The van der Waals surface area contributed by atoms with Crippen LogP contribution in [0.5, 0.6) is 0 Å². The van der Waals surface area contributed by atoms with Crippen molar-refractivity contribution in [2.45, 2.75) is 13.8 Å². The van der Waals surface area contributed by atoms with Gasteiger partial charge < -0.3 is 9.67 Å². The first-order valence-corrected chi connectivity index (χ1v) is 6.79. The maximum atomic E-state index is 10.9. The number of aromatic carboxylic acids is 1. The zero-order valence-corrected chi connectivity index (χ0v) is 14.6. The Hall–Kier alpha value is -2.37. The third-order valence-electron chi connectivity index (χ3n) is 3.67. The standard InChI is InChI=1S/C18H13N2O2.Mo/c1-11-7-12(2)17-14(9-19)10-20(16(17)8-11)15-5-3-13(4-6-15)18(21)22;/h3-6,8,10H,1-2H3,(H,21,22);/q-1;. The number of aromatic nitrogens is 1. The fourth-order valence-electron chi connectivity index (χ4n) is 2.72. The predicted octanol–water partition coefficient (Wildman–Crippen LogP) is 3.61. The van der Waals surface area contributed by atoms with E-state index in [-0.39, 0.29) is 26.6 Å². The quantitative estimate of drug-likeness (QED) is 0.541. The molecular formula is C18H13MoN2O2-. The van der Waals surface area contributed by atoms with Gasteiger partial charge >= 0.3 is 5.97 Å². The van der Waals surface area contributed by atoms with E-state index in [1.807, 2.05) is 24.5 Å². The number of rotatable bonds is 2. The number of carboxylic acids is 1. The molecule has 0 saturated carbocycles. The molecule has 2 aromatic carbocycles. The van der Waals surface area contributed by atoms with Crippen molar-refractivity contribution in [3.05, 3.63) is 64.8 Å². The summed E-state index contributed by atoms with van der Waals surface area (Å²) in [4.78, 5) is 10.9. The molecule has 0 spiro atoms. The summed E-state index contributed by atoms with van der Waals surface area (Å²) in [5, 5.41) is 19.2. The summed E-state index contributed by atoms with van der Waals surface area (Å²) in [5.74, 6) is -0.956. The maximum absolute atomic E-state index is 10.9. The van der Waals surface area contributed by atoms with Gasteiger partial charge in [-0.15, -0.1) is 6.07 Å². The number of aryl methyl sites for hydroxylation is 2. The van der Waals surface area contributed by atoms with Gasteiger partial charge in [-0.3, -0.25) is 0 Å². The van der Waals surface area contributed by atoms with E-state index in [0.717, 1.165) is 27.7 Å². The van der Waals surface area contributed by atoms with Crippen LogP contribution in [0, 0.1) is 31.2 Å². The topological polar surface area (TPSA) is 66.0 Å². The molecule has 0 saturated heterocycles. The van der Waals surface area contributed by atoms with Gasteiger partial charge in [-0.25, -0.2) is 4.79 Å². The van der Waals surface area contributed by atoms with Crippen molar-refractivity contribution in [2.75, 3.05) is 0 Å². The van der Waals surface area contributed by atoms with Crippen LogP contribution in [0.1, 0.15) is 27.0 Å². The van der Waals surface area contributed by atoms with Gasteiger partial charge in [0.1, 0.15) is 0 Å². The second kappa shape index (κ2) is 6.40. The summed E-state index contributed by atoms with van der Waals surface area (Å²) >= 11 is 0. The van der Waals surface area contributed by atoms with Crippen molar-refractivity contribution in [1.82, 2.24) is 4.57 Å². The summed E-state index contributed by atoms with van der Waals surface area (Å²) < 4.78 is 1.91. The molecule has 0 atom stereocenters. The Morgan fingerprint density at radius 3 is 2.48 bits per heavy atom. The van der Waals surface area contributed by atoms with Gasteiger partial charge in [-0.2, -0.15) is 22.5 Å². The largest absolute Gasteiger partial charge is 0.478 e. The van der Waals surface area contributed by atoms with Gasteiger partial charge in [0.15, 0.2) is 0 Å². The monoisotopic (exact) mass is 387 g/mol. The second-order valence-corrected chi connectivity index (χ2v) is 5.21. The molecule has 0 aliphatic heterocycles. The Morgan fingerprint density at radius 1 is 1.26 bits per heavy atom. The van der Waals surface area contributed by atoms with Crippen LogP contribution >= 0.6 is 0 Å². The first-order chi connectivity index (χ1) is 10.5. The van der Waals surface area contributed by atoms with Gasteiger partial charge in [-0.05, 0) is 24.3 Å². The van der Waals surface area contributed by atoms with Gasteiger partial charge in [-0.1, -0.05) is 24.8 Å². The molecule has 114 valence electrons. The van der Waals surface area contributed by atoms with Gasteiger partial charge in [0.05, 0.1) is 11.6 Å². The molecule has 0 unspecified atom stereocenters. The first-order valence-electron chi connectivity index (χ1n) is 6.79. The molecule has 23 heavy (non-hydrogen) atoms. The molecule has 4 nitrogen and oxygen atoms in total. The fourth-order valence-corrected chi connectivity index (χ4v) is 2.72. The maximum Gasteiger partial charge on any atom is 0.335 e. The molecule has 1 heterocycles. The van der Waals surface area contributed by atoms with E-state index in [1.54, 1.807) is 30.5 Å². The van der Waals surface area contributed by atoms with Crippen LogP contribution in [0.2, 0.25) is 0 Å². The van der Waals surface area contributed by atoms with Crippen LogP contribution in [0.3, 0.4) is 0 Å². The van der Waals surface area contributed by atoms with Crippen LogP contribution in [-0.4, -0.2) is 15.6 Å². The molecular weight excluding hydrogens is 372 g/mol. The SMILES string of the molecule is Cc1[c-]c(C)c2c(C#N)cn(-c3ccc(C(=O)O)cc3)c2c1.[Mo]. The normalized spacial score (nSPS) is 10.1. The minimum Gasteiger partial charge on any atom is -0.478 e. The molecule has 3 rings (SSSR count). The van der Waals surface area contributed by atoms with Crippen LogP contribution < -0.4 is 0 Å². The van der Waals surface area contributed by atoms with E-state index in [1.165, 1.54) is 0 Å².